The van der Waals surface area contributed by atoms with E-state index in [1.165, 1.54) is 25.2 Å². The van der Waals surface area contributed by atoms with E-state index in [1.54, 1.807) is 6.92 Å². The zero-order chi connectivity index (χ0) is 14.8. The van der Waals surface area contributed by atoms with E-state index in [0.717, 1.165) is 6.42 Å². The molecule has 1 atom stereocenters. The minimum atomic E-state index is -1.08. The van der Waals surface area contributed by atoms with Crippen molar-refractivity contribution in [1.29, 1.82) is 0 Å². The van der Waals surface area contributed by atoms with Crippen molar-refractivity contribution in [3.63, 3.8) is 0 Å². The third kappa shape index (κ3) is 10.3. The van der Waals surface area contributed by atoms with Gasteiger partial charge < -0.3 is 24.1 Å². The summed E-state index contributed by atoms with van der Waals surface area (Å²) in [5, 5.41) is 17.5. The number of rotatable bonds is 2. The molecule has 0 radical (unpaired) electrons. The fraction of sp³-hybridized carbons (Fsp3) is 0.429. The van der Waals surface area contributed by atoms with Gasteiger partial charge in [0.15, 0.2) is 0 Å². The Morgan fingerprint density at radius 3 is 2.05 bits per heavy atom. The zero-order valence-corrected chi connectivity index (χ0v) is 14.6. The molecule has 0 spiro atoms. The number of carboxylic acid groups (broad SMARTS) is 2. The van der Waals surface area contributed by atoms with Crippen LogP contribution in [0.1, 0.15) is 33.6 Å². The second kappa shape index (κ2) is 14.9. The monoisotopic (exact) mass is 314 g/mol. The van der Waals surface area contributed by atoms with Gasteiger partial charge in [-0.1, -0.05) is 25.2 Å². The average Bonchev–Trinajstić information content (AvgIpc) is 2.32. The first kappa shape index (κ1) is 27.8. The van der Waals surface area contributed by atoms with Crippen LogP contribution in [0.2, 0.25) is 0 Å². The Hall–Kier alpha value is -0.524. The summed E-state index contributed by atoms with van der Waals surface area (Å²) in [5.74, 6) is -2.06. The number of carbonyl (C=O) groups is 2. The van der Waals surface area contributed by atoms with Crippen molar-refractivity contribution in [2.45, 2.75) is 33.6 Å². The largest absolute Gasteiger partial charge is 2.00 e. The van der Waals surface area contributed by atoms with Gasteiger partial charge in [-0.25, -0.2) is 4.79 Å². The number of aliphatic carboxylic acids is 2. The van der Waals surface area contributed by atoms with Gasteiger partial charge >= 0.3 is 35.0 Å². The maximum Gasteiger partial charge on any atom is 2.00 e. The molecule has 0 heterocycles. The maximum atomic E-state index is 10.8. The molecule has 1 aliphatic carbocycles. The number of hydrogen-bond donors (Lipinski definition) is 2. The molecular formula is C14H23ClMgO4. The topological polar surface area (TPSA) is 74.6 Å². The van der Waals surface area contributed by atoms with Gasteiger partial charge in [-0.2, -0.15) is 13.3 Å². The molecule has 0 aromatic carbocycles. The van der Waals surface area contributed by atoms with Gasteiger partial charge in [0, 0.05) is 5.57 Å². The predicted octanol–water partition coefficient (Wildman–Crippen LogP) is 3.16. The SMILES string of the molecule is CC1(C(=O)O)C=CC=C(C(=O)O)C1.Cl.[CH2-]C.[CH2-]CC.[Mg+2]. The zero-order valence-electron chi connectivity index (χ0n) is 12.4. The van der Waals surface area contributed by atoms with Crippen molar-refractivity contribution >= 4 is 47.4 Å². The van der Waals surface area contributed by atoms with Crippen molar-refractivity contribution in [3.05, 3.63) is 37.6 Å². The van der Waals surface area contributed by atoms with Crippen LogP contribution in [0.25, 0.3) is 0 Å². The molecule has 0 amide bonds. The molecule has 0 saturated carbocycles. The van der Waals surface area contributed by atoms with E-state index in [9.17, 15) is 9.59 Å². The van der Waals surface area contributed by atoms with Crippen LogP contribution in [0.15, 0.2) is 23.8 Å². The van der Waals surface area contributed by atoms with Crippen LogP contribution >= 0.6 is 12.4 Å². The summed E-state index contributed by atoms with van der Waals surface area (Å²) in [6.07, 6.45) is 5.43. The summed E-state index contributed by atoms with van der Waals surface area (Å²) in [7, 11) is 0. The molecular weight excluding hydrogens is 292 g/mol. The van der Waals surface area contributed by atoms with Crippen LogP contribution < -0.4 is 0 Å². The molecule has 0 fully saturated rings. The molecule has 0 aliphatic heterocycles. The molecule has 0 bridgehead atoms. The first-order chi connectivity index (χ1) is 8.37. The third-order valence-electron chi connectivity index (χ3n) is 2.08. The number of allylic oxidation sites excluding steroid dienone is 2. The van der Waals surface area contributed by atoms with Gasteiger partial charge in [-0.3, -0.25) is 4.79 Å². The van der Waals surface area contributed by atoms with Crippen LogP contribution in [0.4, 0.5) is 0 Å². The molecule has 112 valence electrons. The quantitative estimate of drug-likeness (QED) is 0.606. The molecule has 20 heavy (non-hydrogen) atoms. The smallest absolute Gasteiger partial charge is 0.481 e. The normalized spacial score (nSPS) is 18.6. The fourth-order valence-corrected chi connectivity index (χ4v) is 1.18. The van der Waals surface area contributed by atoms with Gasteiger partial charge in [0.25, 0.3) is 0 Å². The summed E-state index contributed by atoms with van der Waals surface area (Å²) >= 11 is 0. The molecule has 6 heteroatoms. The van der Waals surface area contributed by atoms with Crippen LogP contribution in [0.5, 0.6) is 0 Å². The minimum absolute atomic E-state index is 0. The molecule has 1 unspecified atom stereocenters. The van der Waals surface area contributed by atoms with Gasteiger partial charge in [-0.15, -0.1) is 12.4 Å². The van der Waals surface area contributed by atoms with Crippen molar-refractivity contribution in [2.24, 2.45) is 5.41 Å². The van der Waals surface area contributed by atoms with Gasteiger partial charge in [-0.05, 0) is 13.3 Å². The Labute approximate surface area is 143 Å². The summed E-state index contributed by atoms with van der Waals surface area (Å²) in [6.45, 7) is 12.0. The first-order valence-electron chi connectivity index (χ1n) is 5.72. The Kier molecular flexibility index (Phi) is 20.6. The summed E-state index contributed by atoms with van der Waals surface area (Å²) in [6, 6.07) is 0. The Bertz CT molecular complexity index is 340. The van der Waals surface area contributed by atoms with Crippen LogP contribution in [0, 0.1) is 19.3 Å². The Morgan fingerprint density at radius 2 is 1.75 bits per heavy atom. The molecule has 4 nitrogen and oxygen atoms in total. The second-order valence-electron chi connectivity index (χ2n) is 3.76. The number of halogens is 1. The van der Waals surface area contributed by atoms with Crippen LogP contribution in [-0.4, -0.2) is 45.2 Å². The number of hydrogen-bond acceptors (Lipinski definition) is 2. The standard InChI is InChI=1S/C9H10O4.C3H7.C2H5.ClH.Mg/c1-9(8(12)13)4-2-3-6(5-9)7(10)11;1-3-2;1-2;;/h2-4H,5H2,1H3,(H,10,11)(H,12,13);1,3H2,2H3;1H2,2H3;1H;/q;2*-1;;+2. The third-order valence-corrected chi connectivity index (χ3v) is 2.08. The summed E-state index contributed by atoms with van der Waals surface area (Å²) < 4.78 is 0. The maximum absolute atomic E-state index is 10.8. The molecule has 2 N–H and O–H groups in total. The predicted molar refractivity (Wildman–Crippen MR) is 84.9 cm³/mol. The Morgan fingerprint density at radius 1 is 1.35 bits per heavy atom. The molecule has 0 aromatic rings. The molecule has 0 saturated heterocycles. The average molecular weight is 315 g/mol. The van der Waals surface area contributed by atoms with E-state index in [4.69, 9.17) is 10.2 Å². The summed E-state index contributed by atoms with van der Waals surface area (Å²) in [5.41, 5.74) is -0.949. The van der Waals surface area contributed by atoms with E-state index in [0.29, 0.717) is 0 Å². The van der Waals surface area contributed by atoms with Crippen LogP contribution in [-0.2, 0) is 9.59 Å². The van der Waals surface area contributed by atoms with Crippen molar-refractivity contribution in [1.82, 2.24) is 0 Å². The Balaban J connectivity index is -0.000000162. The van der Waals surface area contributed by atoms with Gasteiger partial charge in [0.1, 0.15) is 0 Å². The molecule has 0 aromatic heterocycles. The second-order valence-corrected chi connectivity index (χ2v) is 3.76. The fourth-order valence-electron chi connectivity index (χ4n) is 1.18. The van der Waals surface area contributed by atoms with Crippen molar-refractivity contribution in [3.8, 4) is 0 Å². The molecule has 1 rings (SSSR count). The van der Waals surface area contributed by atoms with E-state index >= 15 is 0 Å². The van der Waals surface area contributed by atoms with E-state index in [1.807, 2.05) is 6.92 Å². The van der Waals surface area contributed by atoms with Gasteiger partial charge in [0.2, 0.25) is 0 Å². The van der Waals surface area contributed by atoms with E-state index in [2.05, 4.69) is 13.8 Å². The van der Waals surface area contributed by atoms with Gasteiger partial charge in [0.05, 0.1) is 5.41 Å². The van der Waals surface area contributed by atoms with E-state index < -0.39 is 17.4 Å². The summed E-state index contributed by atoms with van der Waals surface area (Å²) in [4.78, 5) is 21.3. The van der Waals surface area contributed by atoms with E-state index in [-0.39, 0.29) is 47.5 Å². The minimum Gasteiger partial charge on any atom is -0.481 e. The first-order valence-corrected chi connectivity index (χ1v) is 5.72. The number of carboxylic acids is 2. The van der Waals surface area contributed by atoms with Crippen molar-refractivity contribution < 1.29 is 19.8 Å². The van der Waals surface area contributed by atoms with Crippen molar-refractivity contribution in [2.75, 3.05) is 0 Å². The molecule has 1 aliphatic rings. The van der Waals surface area contributed by atoms with Crippen LogP contribution in [0.3, 0.4) is 0 Å².